The maximum absolute atomic E-state index is 13.8. The number of ether oxygens (including phenoxy) is 1. The maximum Gasteiger partial charge on any atom is 0.329 e. The van der Waals surface area contributed by atoms with Crippen molar-refractivity contribution in [3.05, 3.63) is 52.7 Å². The molecule has 6 atom stereocenters. The number of benzene rings is 1. The lowest BCUT2D eigenvalue weighted by Gasteiger charge is -2.27. The standard InChI is InChI=1S/C50H71N9O8S4/c1-31(2)42-47(64)67-34(14-10-13-25-68)26-40(63)54-28-41-56-44(46-59-50(3,30-70-46)48(65)57-42)45(71-41)33-21-19-32(20-22-33)27-53-39(62)17-7-5-12-23-51-37(60)16-6-4-11-24-52-38(61)18-9-8-15-36-43-35(29-69-36)55-49(66)58-43/h10,14,19-22,31,34-36,42-43,68H,4-9,11-13,15-18,23-30H2,1-3H3,(H,51,60)(H,52,61)(H,53,62)(H,54,63)(H,57,65)(H2,55,58,66)/b14-10+/t34-,35+,36+,42+,43+,50+/m1/s1. The number of hydrogen-bond acceptors (Lipinski definition) is 14. The molecule has 2 saturated heterocycles. The molecule has 4 aliphatic rings. The van der Waals surface area contributed by atoms with Crippen LogP contribution >= 0.6 is 47.5 Å². The number of hydrogen-bond donors (Lipinski definition) is 8. The van der Waals surface area contributed by atoms with Crippen molar-refractivity contribution in [2.45, 2.75) is 159 Å². The van der Waals surface area contributed by atoms with Crippen molar-refractivity contribution in [2.24, 2.45) is 10.9 Å². The van der Waals surface area contributed by atoms with Crippen molar-refractivity contribution in [3.8, 4) is 10.4 Å². The molecule has 4 aliphatic heterocycles. The van der Waals surface area contributed by atoms with Gasteiger partial charge in [0, 0.05) is 55.7 Å². The number of thioether (sulfide) groups is 2. The average Bonchev–Trinajstić information content (AvgIpc) is 4.14. The molecule has 2 fully saturated rings. The Labute approximate surface area is 435 Å². The summed E-state index contributed by atoms with van der Waals surface area (Å²) in [6.07, 6.45) is 12.1. The van der Waals surface area contributed by atoms with Gasteiger partial charge in [0.25, 0.3) is 0 Å². The lowest BCUT2D eigenvalue weighted by Crippen LogP contribution is -2.53. The first kappa shape index (κ1) is 55.7. The van der Waals surface area contributed by atoms with Crippen LogP contribution in [0.25, 0.3) is 10.4 Å². The van der Waals surface area contributed by atoms with Crippen LogP contribution in [0.4, 0.5) is 4.79 Å². The number of urea groups is 1. The Bertz CT molecular complexity index is 2240. The van der Waals surface area contributed by atoms with Crippen LogP contribution in [0.2, 0.25) is 0 Å². The number of esters is 1. The van der Waals surface area contributed by atoms with Crippen LogP contribution in [0.3, 0.4) is 0 Å². The zero-order valence-corrected chi connectivity index (χ0v) is 44.5. The number of aromatic nitrogens is 1. The van der Waals surface area contributed by atoms with Crippen molar-refractivity contribution in [3.63, 3.8) is 0 Å². The van der Waals surface area contributed by atoms with Gasteiger partial charge in [0.1, 0.15) is 33.4 Å². The molecule has 17 nitrogen and oxygen atoms in total. The molecule has 5 heterocycles. The molecule has 0 saturated carbocycles. The third-order valence-corrected chi connectivity index (χ3v) is 16.9. The summed E-state index contributed by atoms with van der Waals surface area (Å²) >= 11 is 8.99. The van der Waals surface area contributed by atoms with Gasteiger partial charge in [-0.05, 0) is 80.7 Å². The number of cyclic esters (lactones) is 1. The summed E-state index contributed by atoms with van der Waals surface area (Å²) < 4.78 is 5.80. The number of nitrogens with zero attached hydrogens (tertiary/aromatic N) is 2. The highest BCUT2D eigenvalue weighted by atomic mass is 32.2. The molecule has 0 radical (unpaired) electrons. The molecule has 6 rings (SSSR count). The normalized spacial score (nSPS) is 23.3. The third kappa shape index (κ3) is 17.3. The van der Waals surface area contributed by atoms with Crippen LogP contribution < -0.4 is 37.2 Å². The number of thiazole rings is 1. The first-order valence-corrected chi connectivity index (χ1v) is 28.6. The van der Waals surface area contributed by atoms with Crippen molar-refractivity contribution in [1.29, 1.82) is 0 Å². The summed E-state index contributed by atoms with van der Waals surface area (Å²) in [4.78, 5) is 99.9. The second kappa shape index (κ2) is 28.0. The molecule has 7 N–H and O–H groups in total. The fourth-order valence-electron chi connectivity index (χ4n) is 8.58. The SMILES string of the molecule is CC(C)[C@@H]1NC(=O)[C@]2(C)CSC(=N2)c2nc(sc2-c2ccc(CNC(=O)CCCCCNC(=O)CCCCCNC(=O)CCCC[C@@H]3SC[C@@H]4NC(=O)N[C@@H]43)cc2)CNC(=O)C[C@@H](/C=C/CCS)OC1=O. The van der Waals surface area contributed by atoms with Crippen LogP contribution in [0.5, 0.6) is 0 Å². The van der Waals surface area contributed by atoms with E-state index in [1.807, 2.05) is 56.0 Å². The third-order valence-electron chi connectivity index (χ3n) is 12.7. The van der Waals surface area contributed by atoms with E-state index in [1.165, 1.54) is 23.1 Å². The van der Waals surface area contributed by atoms with Gasteiger partial charge in [-0.2, -0.15) is 24.4 Å². The number of thiol groups is 1. The van der Waals surface area contributed by atoms with Gasteiger partial charge in [-0.3, -0.25) is 29.0 Å². The Morgan fingerprint density at radius 3 is 2.24 bits per heavy atom. The van der Waals surface area contributed by atoms with E-state index in [2.05, 4.69) is 49.8 Å². The molecule has 71 heavy (non-hydrogen) atoms. The summed E-state index contributed by atoms with van der Waals surface area (Å²) in [6, 6.07) is 7.25. The lowest BCUT2D eigenvalue weighted by molar-refractivity contribution is -0.153. The Morgan fingerprint density at radius 2 is 1.56 bits per heavy atom. The molecule has 0 spiro atoms. The second-order valence-corrected chi connectivity index (χ2v) is 22.8. The number of fused-ring (bicyclic) bond motifs is 5. The van der Waals surface area contributed by atoms with Gasteiger partial charge in [0.15, 0.2) is 0 Å². The van der Waals surface area contributed by atoms with E-state index in [1.54, 1.807) is 13.0 Å². The molecule has 4 bridgehead atoms. The summed E-state index contributed by atoms with van der Waals surface area (Å²) in [7, 11) is 0. The molecule has 1 aromatic heterocycles. The summed E-state index contributed by atoms with van der Waals surface area (Å²) in [6.45, 7) is 7.09. The minimum absolute atomic E-state index is 0.0192. The largest absolute Gasteiger partial charge is 0.456 e. The van der Waals surface area contributed by atoms with Crippen molar-refractivity contribution in [2.75, 3.05) is 30.3 Å². The van der Waals surface area contributed by atoms with Gasteiger partial charge >= 0.3 is 12.0 Å². The van der Waals surface area contributed by atoms with E-state index in [0.717, 1.165) is 73.1 Å². The Balaban J connectivity index is 0.873. The van der Waals surface area contributed by atoms with Gasteiger partial charge in [0.05, 0.1) is 29.9 Å². The lowest BCUT2D eigenvalue weighted by atomic mass is 10.00. The van der Waals surface area contributed by atoms with E-state index < -0.39 is 29.6 Å². The number of unbranched alkanes of at least 4 members (excludes halogenated alkanes) is 5. The molecule has 2 aromatic rings. The van der Waals surface area contributed by atoms with Gasteiger partial charge in [0.2, 0.25) is 29.5 Å². The number of aliphatic imine (C=N–C) groups is 1. The van der Waals surface area contributed by atoms with Gasteiger partial charge in [-0.15, -0.1) is 23.1 Å². The molecule has 0 aliphatic carbocycles. The topological polar surface area (TPSA) is 238 Å². The summed E-state index contributed by atoms with van der Waals surface area (Å²) in [5.74, 6) is 0.300. The first-order chi connectivity index (χ1) is 34.2. The number of nitrogens with one attached hydrogen (secondary N) is 7. The van der Waals surface area contributed by atoms with Crippen LogP contribution in [0.1, 0.15) is 127 Å². The number of rotatable bonds is 24. The molecule has 7 amide bonds. The number of carbonyl (C=O) groups excluding carboxylic acids is 7. The van der Waals surface area contributed by atoms with Crippen LogP contribution in [-0.4, -0.2) is 117 Å². The highest BCUT2D eigenvalue weighted by Crippen LogP contribution is 2.39. The highest BCUT2D eigenvalue weighted by Gasteiger charge is 2.44. The molecular formula is C50H71N9O8S4. The molecule has 0 unspecified atom stereocenters. The fourth-order valence-corrected chi connectivity index (χ4v) is 12.5. The predicted octanol–water partition coefficient (Wildman–Crippen LogP) is 5.71. The molecule has 1 aromatic carbocycles. The number of allylic oxidation sites excluding steroid dienone is 1. The van der Waals surface area contributed by atoms with Crippen LogP contribution in [-0.2, 0) is 46.6 Å². The Hall–Kier alpha value is -4.60. The Kier molecular flexibility index (Phi) is 22.0. The van der Waals surface area contributed by atoms with Gasteiger partial charge < -0.3 is 42.0 Å². The van der Waals surface area contributed by atoms with E-state index in [-0.39, 0.29) is 60.6 Å². The Morgan fingerprint density at radius 1 is 0.887 bits per heavy atom. The average molecular weight is 1050 g/mol. The zero-order chi connectivity index (χ0) is 50.8. The first-order valence-electron chi connectivity index (χ1n) is 25.1. The van der Waals surface area contributed by atoms with Crippen molar-refractivity contribution < 1.29 is 38.3 Å². The van der Waals surface area contributed by atoms with Gasteiger partial charge in [-0.25, -0.2) is 14.6 Å². The number of amides is 7. The zero-order valence-electron chi connectivity index (χ0n) is 41.1. The highest BCUT2D eigenvalue weighted by molar-refractivity contribution is 8.14. The fraction of sp³-hybridized carbons (Fsp3) is 0.620. The second-order valence-electron chi connectivity index (χ2n) is 19.0. The minimum Gasteiger partial charge on any atom is -0.456 e. The van der Waals surface area contributed by atoms with Crippen LogP contribution in [0, 0.1) is 5.92 Å². The van der Waals surface area contributed by atoms with E-state index in [0.29, 0.717) is 84.2 Å². The van der Waals surface area contributed by atoms with E-state index in [4.69, 9.17) is 14.7 Å². The summed E-state index contributed by atoms with van der Waals surface area (Å²) in [5, 5.41) is 22.4. The maximum atomic E-state index is 13.8. The predicted molar refractivity (Wildman–Crippen MR) is 284 cm³/mol. The number of carbonyl (C=O) groups is 7. The molecule has 21 heteroatoms. The molecular weight excluding hydrogens is 983 g/mol. The minimum atomic E-state index is -1.16. The molecule has 388 valence electrons. The summed E-state index contributed by atoms with van der Waals surface area (Å²) in [5.41, 5.74) is 1.25. The van der Waals surface area contributed by atoms with Crippen molar-refractivity contribution in [1.82, 2.24) is 42.2 Å². The van der Waals surface area contributed by atoms with Crippen LogP contribution in [0.15, 0.2) is 41.4 Å². The monoisotopic (exact) mass is 1050 g/mol. The smallest absolute Gasteiger partial charge is 0.329 e. The van der Waals surface area contributed by atoms with E-state index >= 15 is 0 Å². The quantitative estimate of drug-likeness (QED) is 0.0209. The van der Waals surface area contributed by atoms with E-state index in [9.17, 15) is 33.6 Å². The van der Waals surface area contributed by atoms with Gasteiger partial charge in [-0.1, -0.05) is 63.5 Å². The van der Waals surface area contributed by atoms with Crippen molar-refractivity contribution >= 4 is 94.1 Å².